The molecule has 3 aromatic rings. The lowest BCUT2D eigenvalue weighted by molar-refractivity contribution is -0.126. The van der Waals surface area contributed by atoms with E-state index < -0.39 is 18.2 Å². The minimum absolute atomic E-state index is 0.148. The third kappa shape index (κ3) is 5.25. The Morgan fingerprint density at radius 1 is 0.944 bits per heavy atom. The van der Waals surface area contributed by atoms with Gasteiger partial charge in [-0.25, -0.2) is 4.79 Å². The van der Waals surface area contributed by atoms with E-state index in [0.29, 0.717) is 16.8 Å². The number of cyclic esters (lactones) is 1. The van der Waals surface area contributed by atoms with Gasteiger partial charge in [-0.2, -0.15) is 0 Å². The number of hydrogen-bond acceptors (Lipinski definition) is 4. The number of carbonyl (C=O) groups excluding carboxylic acids is 3. The van der Waals surface area contributed by atoms with Crippen LogP contribution in [0.25, 0.3) is 0 Å². The number of ether oxygens (including phenoxy) is 1. The quantitative estimate of drug-likeness (QED) is 0.501. The summed E-state index contributed by atoms with van der Waals surface area (Å²) in [6, 6.07) is 21.6. The normalized spacial score (nSPS) is 19.1. The van der Waals surface area contributed by atoms with E-state index in [0.717, 1.165) is 29.5 Å². The first-order valence-corrected chi connectivity index (χ1v) is 12.2. The monoisotopic (exact) mass is 483 g/mol. The first-order valence-electron chi connectivity index (χ1n) is 12.2. The van der Waals surface area contributed by atoms with E-state index in [-0.39, 0.29) is 24.4 Å². The molecule has 1 aliphatic carbocycles. The van der Waals surface area contributed by atoms with E-state index in [2.05, 4.69) is 10.6 Å². The maximum atomic E-state index is 13.3. The molecular weight excluding hydrogens is 454 g/mol. The van der Waals surface area contributed by atoms with Crippen LogP contribution in [0.2, 0.25) is 0 Å². The van der Waals surface area contributed by atoms with E-state index in [1.165, 1.54) is 4.90 Å². The topological polar surface area (TPSA) is 87.7 Å². The van der Waals surface area contributed by atoms with E-state index >= 15 is 0 Å². The van der Waals surface area contributed by atoms with Crippen LogP contribution in [0.15, 0.2) is 72.8 Å². The van der Waals surface area contributed by atoms with E-state index in [1.807, 2.05) is 56.3 Å². The van der Waals surface area contributed by atoms with Crippen LogP contribution < -0.4 is 10.6 Å². The zero-order valence-electron chi connectivity index (χ0n) is 20.4. The number of carbonyl (C=O) groups is 3. The molecule has 2 N–H and O–H groups in total. The van der Waals surface area contributed by atoms with Gasteiger partial charge in [-0.3, -0.25) is 14.5 Å². The van der Waals surface area contributed by atoms with Crippen LogP contribution in [-0.2, 0) is 16.1 Å². The predicted molar refractivity (Wildman–Crippen MR) is 136 cm³/mol. The van der Waals surface area contributed by atoms with Gasteiger partial charge in [-0.15, -0.1) is 0 Å². The molecule has 36 heavy (non-hydrogen) atoms. The second-order valence-corrected chi connectivity index (χ2v) is 9.59. The molecule has 2 fully saturated rings. The fourth-order valence-corrected chi connectivity index (χ4v) is 4.32. The van der Waals surface area contributed by atoms with E-state index in [4.69, 9.17) is 4.74 Å². The van der Waals surface area contributed by atoms with Gasteiger partial charge in [0.1, 0.15) is 0 Å². The van der Waals surface area contributed by atoms with Gasteiger partial charge in [-0.05, 0) is 62.1 Å². The highest BCUT2D eigenvalue weighted by molar-refractivity contribution is 6.04. The van der Waals surface area contributed by atoms with E-state index in [1.54, 1.807) is 30.3 Å². The van der Waals surface area contributed by atoms with Crippen LogP contribution in [0.3, 0.4) is 0 Å². The number of anilines is 1. The first kappa shape index (κ1) is 23.6. The second kappa shape index (κ2) is 9.85. The molecule has 1 saturated heterocycles. The Morgan fingerprint density at radius 2 is 1.61 bits per heavy atom. The number of benzene rings is 3. The Balaban J connectivity index is 1.39. The lowest BCUT2D eigenvalue weighted by Gasteiger charge is -2.24. The third-order valence-corrected chi connectivity index (χ3v) is 6.54. The van der Waals surface area contributed by atoms with Crippen molar-refractivity contribution in [1.29, 1.82) is 0 Å². The van der Waals surface area contributed by atoms with Crippen LogP contribution in [0.5, 0.6) is 0 Å². The number of nitrogens with one attached hydrogen (secondary N) is 2. The molecule has 3 amide bonds. The summed E-state index contributed by atoms with van der Waals surface area (Å²) in [5.74, 6) is -0.464. The zero-order chi connectivity index (χ0) is 25.2. The Morgan fingerprint density at radius 3 is 2.28 bits per heavy atom. The van der Waals surface area contributed by atoms with Gasteiger partial charge in [-0.1, -0.05) is 59.7 Å². The highest BCUT2D eigenvalue weighted by Gasteiger charge is 2.48. The van der Waals surface area contributed by atoms with Gasteiger partial charge in [0.05, 0.1) is 6.54 Å². The minimum atomic E-state index is -0.817. The molecule has 184 valence electrons. The van der Waals surface area contributed by atoms with Crippen molar-refractivity contribution in [2.75, 3.05) is 5.32 Å². The molecule has 7 nitrogen and oxygen atoms in total. The lowest BCUT2D eigenvalue weighted by atomic mass is 10.00. The molecule has 2 aliphatic rings. The number of aryl methyl sites for hydroxylation is 2. The van der Waals surface area contributed by atoms with Crippen LogP contribution in [0.1, 0.15) is 51.6 Å². The van der Waals surface area contributed by atoms with Crippen molar-refractivity contribution >= 4 is 23.6 Å². The van der Waals surface area contributed by atoms with Crippen LogP contribution in [-0.4, -0.2) is 34.9 Å². The summed E-state index contributed by atoms with van der Waals surface area (Å²) >= 11 is 0. The largest absolute Gasteiger partial charge is 0.438 e. The van der Waals surface area contributed by atoms with Crippen molar-refractivity contribution in [3.63, 3.8) is 0 Å². The van der Waals surface area contributed by atoms with Crippen molar-refractivity contribution in [3.05, 3.63) is 101 Å². The summed E-state index contributed by atoms with van der Waals surface area (Å²) in [7, 11) is 0. The van der Waals surface area contributed by atoms with Gasteiger partial charge in [0.25, 0.3) is 5.91 Å². The molecule has 1 aliphatic heterocycles. The molecule has 3 aromatic carbocycles. The zero-order valence-corrected chi connectivity index (χ0v) is 20.4. The van der Waals surface area contributed by atoms with Crippen molar-refractivity contribution in [3.8, 4) is 0 Å². The first-order chi connectivity index (χ1) is 17.4. The van der Waals surface area contributed by atoms with Gasteiger partial charge in [0.15, 0.2) is 12.1 Å². The maximum Gasteiger partial charge on any atom is 0.411 e. The standard InChI is InChI=1S/C29H29N3O4/c1-18-6-10-20(11-7-18)17-32-25(28(34)30-23-14-15-23)26(36-29(32)35)22-4-3-5-24(16-22)31-27(33)21-12-8-19(2)9-13-21/h3-13,16,23,25-26H,14-15,17H2,1-2H3,(H,30,34)(H,31,33)/t25-,26-/m1/s1. The van der Waals surface area contributed by atoms with Crippen LogP contribution in [0.4, 0.5) is 10.5 Å². The minimum Gasteiger partial charge on any atom is -0.438 e. The molecule has 0 radical (unpaired) electrons. The van der Waals surface area contributed by atoms with Crippen LogP contribution in [0, 0.1) is 13.8 Å². The summed E-state index contributed by atoms with van der Waals surface area (Å²) in [6.45, 7) is 4.23. The Labute approximate surface area is 210 Å². The van der Waals surface area contributed by atoms with Gasteiger partial charge >= 0.3 is 6.09 Å². The molecule has 0 spiro atoms. The molecule has 0 bridgehead atoms. The molecular formula is C29H29N3O4. The average molecular weight is 484 g/mol. The molecule has 1 saturated carbocycles. The van der Waals surface area contributed by atoms with Crippen molar-refractivity contribution in [2.24, 2.45) is 0 Å². The van der Waals surface area contributed by atoms with Gasteiger partial charge in [0.2, 0.25) is 5.91 Å². The Bertz CT molecular complexity index is 1280. The molecule has 2 atom stereocenters. The Hall–Kier alpha value is -4.13. The number of rotatable bonds is 7. The molecule has 5 rings (SSSR count). The fraction of sp³-hybridized carbons (Fsp3) is 0.276. The maximum absolute atomic E-state index is 13.3. The highest BCUT2D eigenvalue weighted by Crippen LogP contribution is 2.35. The SMILES string of the molecule is Cc1ccc(CN2C(=O)O[C@H](c3cccc(NC(=O)c4ccc(C)cc4)c3)[C@@H]2C(=O)NC2CC2)cc1. The summed E-state index contributed by atoms with van der Waals surface area (Å²) in [5, 5.41) is 5.93. The number of nitrogens with zero attached hydrogens (tertiary/aromatic N) is 1. The number of hydrogen-bond donors (Lipinski definition) is 2. The van der Waals surface area contributed by atoms with Crippen LogP contribution >= 0.6 is 0 Å². The molecule has 7 heteroatoms. The summed E-state index contributed by atoms with van der Waals surface area (Å²) in [4.78, 5) is 40.5. The predicted octanol–water partition coefficient (Wildman–Crippen LogP) is 4.90. The summed E-state index contributed by atoms with van der Waals surface area (Å²) in [6.07, 6.45) is 0.552. The third-order valence-electron chi connectivity index (χ3n) is 6.54. The smallest absolute Gasteiger partial charge is 0.411 e. The average Bonchev–Trinajstić information content (AvgIpc) is 3.62. The van der Waals surface area contributed by atoms with Gasteiger partial charge < -0.3 is 15.4 Å². The Kier molecular flexibility index (Phi) is 6.46. The van der Waals surface area contributed by atoms with Crippen molar-refractivity contribution in [1.82, 2.24) is 10.2 Å². The summed E-state index contributed by atoms with van der Waals surface area (Å²) < 4.78 is 5.76. The molecule has 0 aromatic heterocycles. The van der Waals surface area contributed by atoms with E-state index in [9.17, 15) is 14.4 Å². The fourth-order valence-electron chi connectivity index (χ4n) is 4.32. The summed E-state index contributed by atoms with van der Waals surface area (Å²) in [5.41, 5.74) is 4.86. The molecule has 1 heterocycles. The van der Waals surface area contributed by atoms with Crippen molar-refractivity contribution in [2.45, 2.75) is 51.4 Å². The highest BCUT2D eigenvalue weighted by atomic mass is 16.6. The van der Waals surface area contributed by atoms with Crippen molar-refractivity contribution < 1.29 is 19.1 Å². The molecule has 0 unspecified atom stereocenters. The van der Waals surface area contributed by atoms with Gasteiger partial charge in [0, 0.05) is 17.3 Å². The lowest BCUT2D eigenvalue weighted by Crippen LogP contribution is -2.46. The number of amides is 3. The second-order valence-electron chi connectivity index (χ2n) is 9.59.